The SMILES string of the molecule is COc1ccccc1N1CCN(C(=O)c2cc(C)n3nc(-c4ccccc4)cc3n2)CC1. The largest absolute Gasteiger partial charge is 0.495 e. The van der Waals surface area contributed by atoms with Crippen molar-refractivity contribution in [1.29, 1.82) is 0 Å². The normalized spacial score (nSPS) is 14.1. The molecule has 7 nitrogen and oxygen atoms in total. The van der Waals surface area contributed by atoms with Crippen LogP contribution in [-0.4, -0.2) is 58.7 Å². The quantitative estimate of drug-likeness (QED) is 0.497. The molecular weight excluding hydrogens is 402 g/mol. The van der Waals surface area contributed by atoms with Gasteiger partial charge in [-0.15, -0.1) is 0 Å². The van der Waals surface area contributed by atoms with Gasteiger partial charge in [0.2, 0.25) is 0 Å². The zero-order valence-electron chi connectivity index (χ0n) is 18.2. The highest BCUT2D eigenvalue weighted by molar-refractivity contribution is 5.93. The summed E-state index contributed by atoms with van der Waals surface area (Å²) in [7, 11) is 1.68. The van der Waals surface area contributed by atoms with Crippen molar-refractivity contribution in [2.45, 2.75) is 6.92 Å². The van der Waals surface area contributed by atoms with Crippen molar-refractivity contribution >= 4 is 17.2 Å². The molecule has 0 saturated carbocycles. The molecule has 162 valence electrons. The topological polar surface area (TPSA) is 63.0 Å². The van der Waals surface area contributed by atoms with E-state index in [1.54, 1.807) is 11.6 Å². The monoisotopic (exact) mass is 427 g/mol. The highest BCUT2D eigenvalue weighted by Crippen LogP contribution is 2.28. The highest BCUT2D eigenvalue weighted by atomic mass is 16.5. The first kappa shape index (κ1) is 20.1. The van der Waals surface area contributed by atoms with E-state index in [4.69, 9.17) is 4.74 Å². The Labute approximate surface area is 186 Å². The molecule has 5 rings (SSSR count). The second kappa shape index (κ2) is 8.34. The first-order valence-electron chi connectivity index (χ1n) is 10.7. The third-order valence-electron chi connectivity index (χ3n) is 5.89. The maximum atomic E-state index is 13.2. The van der Waals surface area contributed by atoms with Gasteiger partial charge in [0.25, 0.3) is 5.91 Å². The lowest BCUT2D eigenvalue weighted by Gasteiger charge is -2.36. The summed E-state index contributed by atoms with van der Waals surface area (Å²) >= 11 is 0. The molecule has 32 heavy (non-hydrogen) atoms. The smallest absolute Gasteiger partial charge is 0.272 e. The summed E-state index contributed by atoms with van der Waals surface area (Å²) in [5.41, 5.74) is 4.95. The standard InChI is InChI=1S/C25H25N5O2/c1-18-16-21(26-24-17-20(27-30(18)24)19-8-4-3-5-9-19)25(31)29-14-12-28(13-15-29)22-10-6-7-11-23(22)32-2/h3-11,16-17H,12-15H2,1-2H3. The van der Waals surface area contributed by atoms with Gasteiger partial charge in [0, 0.05) is 43.5 Å². The Hall–Kier alpha value is -3.87. The summed E-state index contributed by atoms with van der Waals surface area (Å²) in [5, 5.41) is 4.67. The van der Waals surface area contributed by atoms with Gasteiger partial charge in [0.15, 0.2) is 5.65 Å². The first-order chi connectivity index (χ1) is 15.6. The number of benzene rings is 2. The third kappa shape index (κ3) is 3.66. The predicted octanol–water partition coefficient (Wildman–Crippen LogP) is 3.68. The molecule has 2 aromatic carbocycles. The van der Waals surface area contributed by atoms with E-state index >= 15 is 0 Å². The fourth-order valence-electron chi connectivity index (χ4n) is 4.19. The minimum absolute atomic E-state index is 0.0438. The van der Waals surface area contributed by atoms with Gasteiger partial charge in [-0.05, 0) is 25.1 Å². The Morgan fingerprint density at radius 1 is 0.938 bits per heavy atom. The van der Waals surface area contributed by atoms with Gasteiger partial charge < -0.3 is 14.5 Å². The van der Waals surface area contributed by atoms with E-state index < -0.39 is 0 Å². The van der Waals surface area contributed by atoms with Crippen molar-refractivity contribution in [1.82, 2.24) is 19.5 Å². The van der Waals surface area contributed by atoms with E-state index in [-0.39, 0.29) is 5.91 Å². The van der Waals surface area contributed by atoms with Gasteiger partial charge >= 0.3 is 0 Å². The molecule has 0 bridgehead atoms. The second-order valence-corrected chi connectivity index (χ2v) is 7.90. The summed E-state index contributed by atoms with van der Waals surface area (Å²) in [6, 6.07) is 21.7. The number of aromatic nitrogens is 3. The zero-order valence-corrected chi connectivity index (χ0v) is 18.2. The Balaban J connectivity index is 1.35. The van der Waals surface area contributed by atoms with Gasteiger partial charge in [-0.1, -0.05) is 42.5 Å². The van der Waals surface area contributed by atoms with Crippen molar-refractivity contribution in [3.05, 3.63) is 78.1 Å². The number of nitrogens with zero attached hydrogens (tertiary/aromatic N) is 5. The number of amides is 1. The molecule has 0 aliphatic carbocycles. The minimum atomic E-state index is -0.0438. The zero-order chi connectivity index (χ0) is 22.1. The number of piperazine rings is 1. The van der Waals surface area contributed by atoms with E-state index in [9.17, 15) is 4.79 Å². The average molecular weight is 428 g/mol. The fourth-order valence-corrected chi connectivity index (χ4v) is 4.19. The average Bonchev–Trinajstić information content (AvgIpc) is 3.29. The van der Waals surface area contributed by atoms with Crippen LogP contribution in [0.15, 0.2) is 66.7 Å². The maximum Gasteiger partial charge on any atom is 0.272 e. The molecule has 0 radical (unpaired) electrons. The lowest BCUT2D eigenvalue weighted by atomic mass is 10.2. The Bertz CT molecular complexity index is 1260. The number of rotatable bonds is 4. The van der Waals surface area contributed by atoms with Crippen LogP contribution < -0.4 is 9.64 Å². The Morgan fingerprint density at radius 2 is 1.66 bits per heavy atom. The van der Waals surface area contributed by atoms with Crippen LogP contribution in [0, 0.1) is 6.92 Å². The van der Waals surface area contributed by atoms with Crippen LogP contribution in [0.4, 0.5) is 5.69 Å². The molecule has 1 aliphatic heterocycles. The number of methoxy groups -OCH3 is 1. The molecule has 0 spiro atoms. The molecule has 0 N–H and O–H groups in total. The summed E-state index contributed by atoms with van der Waals surface area (Å²) in [6.45, 7) is 4.72. The van der Waals surface area contributed by atoms with Gasteiger partial charge in [0.1, 0.15) is 11.4 Å². The van der Waals surface area contributed by atoms with E-state index in [0.29, 0.717) is 24.4 Å². The fraction of sp³-hybridized carbons (Fsp3) is 0.240. The predicted molar refractivity (Wildman–Crippen MR) is 124 cm³/mol. The van der Waals surface area contributed by atoms with Crippen molar-refractivity contribution in [2.75, 3.05) is 38.2 Å². The molecule has 1 saturated heterocycles. The molecule has 0 unspecified atom stereocenters. The molecule has 3 heterocycles. The number of para-hydroxylation sites is 2. The van der Waals surface area contributed by atoms with Gasteiger partial charge in [-0.25, -0.2) is 9.50 Å². The number of carbonyl (C=O) groups is 1. The molecule has 1 amide bonds. The van der Waals surface area contributed by atoms with Crippen LogP contribution in [0.1, 0.15) is 16.2 Å². The summed E-state index contributed by atoms with van der Waals surface area (Å²) < 4.78 is 7.28. The third-order valence-corrected chi connectivity index (χ3v) is 5.89. The summed E-state index contributed by atoms with van der Waals surface area (Å²) in [6.07, 6.45) is 0. The van der Waals surface area contributed by atoms with Crippen molar-refractivity contribution < 1.29 is 9.53 Å². The lowest BCUT2D eigenvalue weighted by Crippen LogP contribution is -2.49. The molecule has 1 fully saturated rings. The van der Waals surface area contributed by atoms with Crippen molar-refractivity contribution in [2.24, 2.45) is 0 Å². The Morgan fingerprint density at radius 3 is 2.41 bits per heavy atom. The number of fused-ring (bicyclic) bond motifs is 1. The summed E-state index contributed by atoms with van der Waals surface area (Å²) in [4.78, 5) is 22.0. The van der Waals surface area contributed by atoms with Gasteiger partial charge in [-0.2, -0.15) is 5.10 Å². The lowest BCUT2D eigenvalue weighted by molar-refractivity contribution is 0.0740. The maximum absolute atomic E-state index is 13.2. The molecular formula is C25H25N5O2. The molecule has 0 atom stereocenters. The molecule has 7 heteroatoms. The van der Waals surface area contributed by atoms with E-state index in [0.717, 1.165) is 41.5 Å². The van der Waals surface area contributed by atoms with Crippen LogP contribution >= 0.6 is 0 Å². The number of hydrogen-bond acceptors (Lipinski definition) is 5. The van der Waals surface area contributed by atoms with Crippen molar-refractivity contribution in [3.8, 4) is 17.0 Å². The second-order valence-electron chi connectivity index (χ2n) is 7.90. The van der Waals surface area contributed by atoms with Crippen LogP contribution in [0.2, 0.25) is 0 Å². The number of hydrogen-bond donors (Lipinski definition) is 0. The first-order valence-corrected chi connectivity index (χ1v) is 10.7. The van der Waals surface area contributed by atoms with Crippen LogP contribution in [0.5, 0.6) is 5.75 Å². The van der Waals surface area contributed by atoms with Crippen LogP contribution in [-0.2, 0) is 0 Å². The summed E-state index contributed by atoms with van der Waals surface area (Å²) in [5.74, 6) is 0.808. The van der Waals surface area contributed by atoms with Crippen LogP contribution in [0.3, 0.4) is 0 Å². The van der Waals surface area contributed by atoms with Gasteiger partial charge in [-0.3, -0.25) is 4.79 Å². The number of aryl methyl sites for hydroxylation is 1. The van der Waals surface area contributed by atoms with E-state index in [2.05, 4.69) is 21.0 Å². The van der Waals surface area contributed by atoms with E-state index in [1.807, 2.05) is 72.5 Å². The highest BCUT2D eigenvalue weighted by Gasteiger charge is 2.25. The number of ether oxygens (including phenoxy) is 1. The van der Waals surface area contributed by atoms with Crippen LogP contribution in [0.25, 0.3) is 16.9 Å². The van der Waals surface area contributed by atoms with Gasteiger partial charge in [0.05, 0.1) is 18.5 Å². The molecule has 4 aromatic rings. The van der Waals surface area contributed by atoms with E-state index in [1.165, 1.54) is 0 Å². The Kier molecular flexibility index (Phi) is 5.23. The molecule has 1 aliphatic rings. The minimum Gasteiger partial charge on any atom is -0.495 e. The number of anilines is 1. The molecule has 2 aromatic heterocycles. The number of carbonyl (C=O) groups excluding carboxylic acids is 1. The van der Waals surface area contributed by atoms with Crippen molar-refractivity contribution in [3.63, 3.8) is 0 Å².